The average Bonchev–Trinajstić information content (AvgIpc) is 2.21. The maximum absolute atomic E-state index is 12.1. The normalized spacial score (nSPS) is 10.6. The molecule has 0 aliphatic heterocycles. The molecule has 0 aliphatic rings. The van der Waals surface area contributed by atoms with Gasteiger partial charge in [0, 0.05) is 26.0 Å². The summed E-state index contributed by atoms with van der Waals surface area (Å²) in [6.07, 6.45) is 0.718. The van der Waals surface area contributed by atoms with E-state index in [1.165, 1.54) is 0 Å². The van der Waals surface area contributed by atoms with Gasteiger partial charge in [-0.2, -0.15) is 0 Å². The first-order valence-corrected chi connectivity index (χ1v) is 5.76. The standard InChI is InChI=1S/C12H16ClNO3/c1-8-7-9(2)14(5-4-6-17-3)12(16)10(8)11(13)15/h7H,4-6H2,1-3H3. The molecule has 1 heterocycles. The summed E-state index contributed by atoms with van der Waals surface area (Å²) in [6, 6.07) is 1.80. The van der Waals surface area contributed by atoms with Crippen LogP contribution in [0.3, 0.4) is 0 Å². The Morgan fingerprint density at radius 2 is 2.12 bits per heavy atom. The van der Waals surface area contributed by atoms with Gasteiger partial charge in [-0.05, 0) is 43.5 Å². The van der Waals surface area contributed by atoms with Crippen molar-refractivity contribution in [3.05, 3.63) is 33.2 Å². The van der Waals surface area contributed by atoms with E-state index in [0.29, 0.717) is 18.7 Å². The number of halogens is 1. The minimum atomic E-state index is -0.701. The van der Waals surface area contributed by atoms with Crippen LogP contribution in [0.2, 0.25) is 0 Å². The summed E-state index contributed by atoms with van der Waals surface area (Å²) in [5.41, 5.74) is 1.19. The number of pyridine rings is 1. The van der Waals surface area contributed by atoms with Gasteiger partial charge in [-0.25, -0.2) is 0 Å². The highest BCUT2D eigenvalue weighted by atomic mass is 35.5. The Morgan fingerprint density at radius 3 is 2.65 bits per heavy atom. The summed E-state index contributed by atoms with van der Waals surface area (Å²) in [5, 5.41) is -0.701. The molecule has 0 saturated carbocycles. The van der Waals surface area contributed by atoms with Crippen molar-refractivity contribution in [1.82, 2.24) is 4.57 Å². The fourth-order valence-corrected chi connectivity index (χ4v) is 2.04. The van der Waals surface area contributed by atoms with Crippen LogP contribution in [0.1, 0.15) is 28.0 Å². The third kappa shape index (κ3) is 3.17. The van der Waals surface area contributed by atoms with Crippen molar-refractivity contribution in [2.45, 2.75) is 26.8 Å². The molecule has 1 aromatic rings. The third-order valence-corrected chi connectivity index (χ3v) is 2.82. The van der Waals surface area contributed by atoms with E-state index in [2.05, 4.69) is 0 Å². The van der Waals surface area contributed by atoms with Crippen molar-refractivity contribution in [1.29, 1.82) is 0 Å². The molecule has 4 nitrogen and oxygen atoms in total. The zero-order valence-corrected chi connectivity index (χ0v) is 11.0. The van der Waals surface area contributed by atoms with Gasteiger partial charge in [-0.1, -0.05) is 0 Å². The largest absolute Gasteiger partial charge is 0.385 e. The predicted molar refractivity (Wildman–Crippen MR) is 66.9 cm³/mol. The van der Waals surface area contributed by atoms with Crippen LogP contribution < -0.4 is 5.56 Å². The first kappa shape index (κ1) is 13.9. The third-order valence-electron chi connectivity index (χ3n) is 2.63. The summed E-state index contributed by atoms with van der Waals surface area (Å²) in [5.74, 6) is 0. The van der Waals surface area contributed by atoms with E-state index in [1.807, 2.05) is 6.92 Å². The van der Waals surface area contributed by atoms with Gasteiger partial charge >= 0.3 is 0 Å². The molecular formula is C12H16ClNO3. The molecule has 5 heteroatoms. The fraction of sp³-hybridized carbons (Fsp3) is 0.500. The number of aryl methyl sites for hydroxylation is 2. The van der Waals surface area contributed by atoms with E-state index in [9.17, 15) is 9.59 Å². The Balaban J connectivity index is 3.17. The number of ether oxygens (including phenoxy) is 1. The Morgan fingerprint density at radius 1 is 1.47 bits per heavy atom. The Hall–Kier alpha value is -1.13. The molecule has 1 rings (SSSR count). The molecule has 0 amide bonds. The highest BCUT2D eigenvalue weighted by Gasteiger charge is 2.15. The lowest BCUT2D eigenvalue weighted by molar-refractivity contribution is 0.107. The molecule has 0 saturated heterocycles. The number of hydrogen-bond acceptors (Lipinski definition) is 3. The van der Waals surface area contributed by atoms with Crippen molar-refractivity contribution >= 4 is 16.8 Å². The van der Waals surface area contributed by atoms with Crippen LogP contribution in [-0.2, 0) is 11.3 Å². The first-order chi connectivity index (χ1) is 7.99. The summed E-state index contributed by atoms with van der Waals surface area (Å²) >= 11 is 5.42. The molecule has 0 radical (unpaired) electrons. The molecule has 0 fully saturated rings. The molecule has 0 bridgehead atoms. The molecule has 94 valence electrons. The lowest BCUT2D eigenvalue weighted by Gasteiger charge is -2.12. The number of nitrogens with zero attached hydrogens (tertiary/aromatic N) is 1. The van der Waals surface area contributed by atoms with E-state index < -0.39 is 5.24 Å². The molecule has 0 atom stereocenters. The maximum Gasteiger partial charge on any atom is 0.263 e. The summed E-state index contributed by atoms with van der Waals surface area (Å²) in [7, 11) is 1.61. The highest BCUT2D eigenvalue weighted by molar-refractivity contribution is 6.67. The molecule has 0 N–H and O–H groups in total. The smallest absolute Gasteiger partial charge is 0.263 e. The van der Waals surface area contributed by atoms with Crippen molar-refractivity contribution < 1.29 is 9.53 Å². The van der Waals surface area contributed by atoms with Gasteiger partial charge in [0.2, 0.25) is 0 Å². The van der Waals surface area contributed by atoms with Gasteiger partial charge in [0.15, 0.2) is 0 Å². The number of rotatable bonds is 5. The van der Waals surface area contributed by atoms with Gasteiger partial charge in [0.25, 0.3) is 10.8 Å². The van der Waals surface area contributed by atoms with E-state index in [4.69, 9.17) is 16.3 Å². The Bertz CT molecular complexity index is 479. The second-order valence-electron chi connectivity index (χ2n) is 3.92. The molecule has 1 aromatic heterocycles. The Labute approximate surface area is 105 Å². The summed E-state index contributed by atoms with van der Waals surface area (Å²) in [4.78, 5) is 23.3. The quantitative estimate of drug-likeness (QED) is 0.598. The van der Waals surface area contributed by atoms with E-state index >= 15 is 0 Å². The molecular weight excluding hydrogens is 242 g/mol. The maximum atomic E-state index is 12.1. The van der Waals surface area contributed by atoms with E-state index in [0.717, 1.165) is 12.1 Å². The van der Waals surface area contributed by atoms with E-state index in [-0.39, 0.29) is 11.1 Å². The van der Waals surface area contributed by atoms with Gasteiger partial charge in [-0.3, -0.25) is 9.59 Å². The average molecular weight is 258 g/mol. The van der Waals surface area contributed by atoms with Crippen molar-refractivity contribution in [2.75, 3.05) is 13.7 Å². The summed E-state index contributed by atoms with van der Waals surface area (Å²) in [6.45, 7) is 4.65. The minimum absolute atomic E-state index is 0.0645. The van der Waals surface area contributed by atoms with Crippen LogP contribution in [0.5, 0.6) is 0 Å². The Kier molecular flexibility index (Phi) is 4.90. The van der Waals surface area contributed by atoms with Crippen LogP contribution >= 0.6 is 11.6 Å². The molecule has 0 aromatic carbocycles. The van der Waals surface area contributed by atoms with Gasteiger partial charge in [0.1, 0.15) is 5.56 Å². The van der Waals surface area contributed by atoms with Crippen molar-refractivity contribution in [3.63, 3.8) is 0 Å². The number of carbonyl (C=O) groups is 1. The second-order valence-corrected chi connectivity index (χ2v) is 4.26. The number of aromatic nitrogens is 1. The molecule has 0 unspecified atom stereocenters. The number of methoxy groups -OCH3 is 1. The van der Waals surface area contributed by atoms with E-state index in [1.54, 1.807) is 24.7 Å². The lowest BCUT2D eigenvalue weighted by atomic mass is 10.1. The molecule has 0 aliphatic carbocycles. The SMILES string of the molecule is COCCCn1c(C)cc(C)c(C(=O)Cl)c1=O. The van der Waals surface area contributed by atoms with Crippen LogP contribution in [0.4, 0.5) is 0 Å². The monoisotopic (exact) mass is 257 g/mol. The van der Waals surface area contributed by atoms with Gasteiger partial charge in [-0.15, -0.1) is 0 Å². The molecule has 0 spiro atoms. The fourth-order valence-electron chi connectivity index (χ4n) is 1.81. The number of hydrogen-bond donors (Lipinski definition) is 0. The van der Waals surface area contributed by atoms with Crippen LogP contribution in [0.15, 0.2) is 10.9 Å². The van der Waals surface area contributed by atoms with Gasteiger partial charge in [0.05, 0.1) is 0 Å². The lowest BCUT2D eigenvalue weighted by Crippen LogP contribution is -2.28. The van der Waals surface area contributed by atoms with Crippen molar-refractivity contribution in [3.8, 4) is 0 Å². The predicted octanol–water partition coefficient (Wildman–Crippen LogP) is 1.88. The minimum Gasteiger partial charge on any atom is -0.385 e. The molecule has 17 heavy (non-hydrogen) atoms. The first-order valence-electron chi connectivity index (χ1n) is 5.38. The topological polar surface area (TPSA) is 48.3 Å². The number of carbonyl (C=O) groups excluding carboxylic acids is 1. The second kappa shape index (κ2) is 5.98. The van der Waals surface area contributed by atoms with Crippen LogP contribution in [-0.4, -0.2) is 23.5 Å². The zero-order valence-electron chi connectivity index (χ0n) is 10.2. The van der Waals surface area contributed by atoms with Crippen LogP contribution in [0.25, 0.3) is 0 Å². The zero-order chi connectivity index (χ0) is 13.0. The summed E-state index contributed by atoms with van der Waals surface area (Å²) < 4.78 is 6.49. The van der Waals surface area contributed by atoms with Gasteiger partial charge < -0.3 is 9.30 Å². The highest BCUT2D eigenvalue weighted by Crippen LogP contribution is 2.09. The van der Waals surface area contributed by atoms with Crippen molar-refractivity contribution in [2.24, 2.45) is 0 Å². The van der Waals surface area contributed by atoms with Crippen LogP contribution in [0, 0.1) is 13.8 Å².